The molecule has 0 radical (unpaired) electrons. The second-order valence-electron chi connectivity index (χ2n) is 6.33. The van der Waals surface area contributed by atoms with E-state index in [-0.39, 0.29) is 15.6 Å². The van der Waals surface area contributed by atoms with Crippen molar-refractivity contribution in [1.29, 1.82) is 0 Å². The molecule has 10 nitrogen and oxygen atoms in total. The maximum Gasteiger partial charge on any atom is 0.333 e. The average molecular weight is 429 g/mol. The normalized spacial score (nSPS) is 15.9. The molecule has 1 aliphatic heterocycles. The highest BCUT2D eigenvalue weighted by atomic mass is 35.5. The van der Waals surface area contributed by atoms with Gasteiger partial charge in [0.25, 0.3) is 11.2 Å². The topological polar surface area (TPSA) is 135 Å². The van der Waals surface area contributed by atoms with Crippen LogP contribution in [0.1, 0.15) is 25.7 Å². The average Bonchev–Trinajstić information content (AvgIpc) is 2.94. The Morgan fingerprint density at radius 2 is 1.75 bits per heavy atom. The molecule has 1 saturated heterocycles. The van der Waals surface area contributed by atoms with Crippen molar-refractivity contribution in [2.75, 3.05) is 13.1 Å². The Morgan fingerprint density at radius 3 is 2.36 bits per heavy atom. The molecule has 0 aliphatic carbocycles. The van der Waals surface area contributed by atoms with E-state index in [1.54, 1.807) is 0 Å². The lowest BCUT2D eigenvalue weighted by atomic mass is 10.2. The van der Waals surface area contributed by atoms with Crippen molar-refractivity contribution in [3.63, 3.8) is 0 Å². The number of hydrogen-bond acceptors (Lipinski definition) is 6. The highest BCUT2D eigenvalue weighted by Crippen LogP contribution is 2.28. The van der Waals surface area contributed by atoms with Gasteiger partial charge >= 0.3 is 5.69 Å². The molecule has 1 aromatic carbocycles. The number of H-pyrrole nitrogens is 1. The van der Waals surface area contributed by atoms with Crippen LogP contribution >= 0.6 is 11.6 Å². The van der Waals surface area contributed by atoms with E-state index >= 15 is 0 Å². The molecular weight excluding hydrogens is 412 g/mol. The molecule has 0 bridgehead atoms. The van der Waals surface area contributed by atoms with E-state index in [2.05, 4.69) is 0 Å². The first-order valence-corrected chi connectivity index (χ1v) is 10.3. The van der Waals surface area contributed by atoms with Gasteiger partial charge in [-0.15, -0.1) is 0 Å². The quantitative estimate of drug-likeness (QED) is 0.581. The van der Waals surface area contributed by atoms with Gasteiger partial charge in [0.05, 0.1) is 9.82 Å². The van der Waals surface area contributed by atoms with Crippen molar-refractivity contribution in [2.45, 2.75) is 30.6 Å². The predicted octanol–water partition coefficient (Wildman–Crippen LogP) is 1.65. The molecule has 1 N–H and O–H groups in total. The van der Waals surface area contributed by atoms with Crippen LogP contribution in [0.5, 0.6) is 0 Å². The Morgan fingerprint density at radius 1 is 1.11 bits per heavy atom. The number of rotatable bonds is 4. The van der Waals surface area contributed by atoms with Gasteiger partial charge in [0.15, 0.2) is 0 Å². The van der Waals surface area contributed by atoms with Crippen molar-refractivity contribution >= 4 is 27.3 Å². The molecule has 2 aromatic rings. The summed E-state index contributed by atoms with van der Waals surface area (Å²) in [6.07, 6.45) is 4.27. The molecule has 1 aromatic heterocycles. The first-order chi connectivity index (χ1) is 13.2. The van der Waals surface area contributed by atoms with Gasteiger partial charge in [0, 0.05) is 25.4 Å². The molecule has 0 amide bonds. The molecule has 0 saturated carbocycles. The predicted molar refractivity (Wildman–Crippen MR) is 102 cm³/mol. The lowest BCUT2D eigenvalue weighted by molar-refractivity contribution is -0.384. The van der Waals surface area contributed by atoms with Crippen LogP contribution < -0.4 is 11.2 Å². The van der Waals surface area contributed by atoms with Crippen molar-refractivity contribution in [3.05, 3.63) is 60.4 Å². The van der Waals surface area contributed by atoms with Crippen LogP contribution in [-0.4, -0.2) is 40.3 Å². The van der Waals surface area contributed by atoms with Crippen LogP contribution in [0.3, 0.4) is 0 Å². The van der Waals surface area contributed by atoms with Crippen molar-refractivity contribution < 1.29 is 13.3 Å². The maximum atomic E-state index is 12.9. The minimum atomic E-state index is -3.91. The van der Waals surface area contributed by atoms with Crippen molar-refractivity contribution in [2.24, 2.45) is 0 Å². The van der Waals surface area contributed by atoms with Crippen LogP contribution in [0.25, 0.3) is 5.69 Å². The number of nitro groups is 1. The van der Waals surface area contributed by atoms with E-state index in [9.17, 15) is 28.1 Å². The van der Waals surface area contributed by atoms with Gasteiger partial charge in [-0.1, -0.05) is 24.4 Å². The van der Waals surface area contributed by atoms with Crippen LogP contribution in [0.15, 0.2) is 38.9 Å². The summed E-state index contributed by atoms with van der Waals surface area (Å²) in [6, 6.07) is 3.27. The molecule has 28 heavy (non-hydrogen) atoms. The number of nitrogens with one attached hydrogen (secondary N) is 1. The summed E-state index contributed by atoms with van der Waals surface area (Å²) in [6.45, 7) is 0.708. The zero-order chi connectivity index (χ0) is 20.5. The van der Waals surface area contributed by atoms with E-state index in [0.29, 0.717) is 13.1 Å². The van der Waals surface area contributed by atoms with Gasteiger partial charge in [-0.2, -0.15) is 4.31 Å². The molecule has 12 heteroatoms. The molecule has 150 valence electrons. The van der Waals surface area contributed by atoms with Gasteiger partial charge in [-0.3, -0.25) is 24.5 Å². The number of aromatic nitrogens is 2. The van der Waals surface area contributed by atoms with Crippen LogP contribution in [0, 0.1) is 10.1 Å². The molecule has 0 unspecified atom stereocenters. The van der Waals surface area contributed by atoms with Gasteiger partial charge in [0.2, 0.25) is 10.0 Å². The number of nitrogens with zero attached hydrogens (tertiary/aromatic N) is 3. The summed E-state index contributed by atoms with van der Waals surface area (Å²) in [5.74, 6) is 0. The van der Waals surface area contributed by atoms with Crippen molar-refractivity contribution in [1.82, 2.24) is 13.9 Å². The van der Waals surface area contributed by atoms with E-state index < -0.39 is 31.9 Å². The van der Waals surface area contributed by atoms with Crippen LogP contribution in [0.4, 0.5) is 5.69 Å². The Hall–Kier alpha value is -2.50. The summed E-state index contributed by atoms with van der Waals surface area (Å²) < 4.78 is 27.9. The van der Waals surface area contributed by atoms with Gasteiger partial charge in [-0.05, 0) is 25.0 Å². The SMILES string of the molecule is O=c1[nH]c(=O)n(-c2ccc(S(=O)(=O)N3CCCCCC3)cc2[N+](=O)[O-])cc1Cl. The lowest BCUT2D eigenvalue weighted by Crippen LogP contribution is -2.32. The highest BCUT2D eigenvalue weighted by Gasteiger charge is 2.28. The molecule has 2 heterocycles. The van der Waals surface area contributed by atoms with Crippen molar-refractivity contribution in [3.8, 4) is 5.69 Å². The Kier molecular flexibility index (Phi) is 5.68. The summed E-state index contributed by atoms with van der Waals surface area (Å²) in [7, 11) is -3.91. The smallest absolute Gasteiger partial charge is 0.272 e. The zero-order valence-electron chi connectivity index (χ0n) is 14.6. The highest BCUT2D eigenvalue weighted by molar-refractivity contribution is 7.89. The number of benzene rings is 1. The number of sulfonamides is 1. The first-order valence-electron chi connectivity index (χ1n) is 8.52. The second-order valence-corrected chi connectivity index (χ2v) is 8.68. The first kappa shape index (κ1) is 20.2. The third kappa shape index (κ3) is 3.86. The van der Waals surface area contributed by atoms with E-state index in [4.69, 9.17) is 11.6 Å². The maximum absolute atomic E-state index is 12.9. The number of aromatic amines is 1. The van der Waals surface area contributed by atoms with E-state index in [1.807, 2.05) is 4.98 Å². The second kappa shape index (κ2) is 7.86. The Bertz CT molecular complexity index is 1130. The minimum absolute atomic E-state index is 0.206. The fraction of sp³-hybridized carbons (Fsp3) is 0.375. The standard InChI is InChI=1S/C16H17ClN4O6S/c17-12-10-20(16(23)18-15(12)22)13-6-5-11(9-14(13)21(24)25)28(26,27)19-7-3-1-2-4-8-19/h5-6,9-10H,1-4,7-8H2,(H,18,22,23). The monoisotopic (exact) mass is 428 g/mol. The third-order valence-corrected chi connectivity index (χ3v) is 6.67. The third-order valence-electron chi connectivity index (χ3n) is 4.50. The number of halogens is 1. The van der Waals surface area contributed by atoms with Crippen LogP contribution in [-0.2, 0) is 10.0 Å². The molecule has 0 atom stereocenters. The Labute approximate surface area is 164 Å². The molecule has 1 aliphatic rings. The summed E-state index contributed by atoms with van der Waals surface area (Å²) in [5, 5.41) is 11.2. The Balaban J connectivity index is 2.12. The minimum Gasteiger partial charge on any atom is -0.272 e. The lowest BCUT2D eigenvalue weighted by Gasteiger charge is -2.20. The van der Waals surface area contributed by atoms with Gasteiger partial charge in [-0.25, -0.2) is 13.2 Å². The molecular formula is C16H17ClN4O6S. The number of hydrogen-bond donors (Lipinski definition) is 1. The van der Waals surface area contributed by atoms with E-state index in [1.165, 1.54) is 10.4 Å². The van der Waals surface area contributed by atoms with Gasteiger partial charge in [0.1, 0.15) is 10.7 Å². The van der Waals surface area contributed by atoms with E-state index in [0.717, 1.165) is 48.6 Å². The fourth-order valence-electron chi connectivity index (χ4n) is 3.07. The summed E-state index contributed by atoms with van der Waals surface area (Å²) >= 11 is 5.71. The molecule has 1 fully saturated rings. The molecule has 3 rings (SSSR count). The van der Waals surface area contributed by atoms with Crippen LogP contribution in [0.2, 0.25) is 5.02 Å². The fourth-order valence-corrected chi connectivity index (χ4v) is 4.75. The summed E-state index contributed by atoms with van der Waals surface area (Å²) in [4.78, 5) is 35.9. The molecule has 0 spiro atoms. The number of nitro benzene ring substituents is 1. The largest absolute Gasteiger partial charge is 0.333 e. The zero-order valence-corrected chi connectivity index (χ0v) is 16.2. The van der Waals surface area contributed by atoms with Gasteiger partial charge < -0.3 is 0 Å². The summed E-state index contributed by atoms with van der Waals surface area (Å²) in [5.41, 5.74) is -2.56.